The van der Waals surface area contributed by atoms with E-state index in [2.05, 4.69) is 29.8 Å². The molecule has 2 atom stereocenters. The monoisotopic (exact) mass is 283 g/mol. The first-order valence-electron chi connectivity index (χ1n) is 7.58. The lowest BCUT2D eigenvalue weighted by Crippen LogP contribution is -2.60. The van der Waals surface area contributed by atoms with Gasteiger partial charge in [-0.25, -0.2) is 4.79 Å². The SMILES string of the molecule is CCNC(=O)NC1(C)CCCC(C)(NC(=O)C(C)C)C1. The standard InChI is InChI=1S/C15H29N3O2/c1-6-16-13(20)18-15(5)9-7-8-14(4,10-15)17-12(19)11(2)3/h11H,6-10H2,1-5H3,(H,17,19)(H2,16,18,20). The maximum atomic E-state index is 11.9. The number of hydrogen-bond donors (Lipinski definition) is 3. The zero-order valence-electron chi connectivity index (χ0n) is 13.4. The summed E-state index contributed by atoms with van der Waals surface area (Å²) in [6.45, 7) is 10.4. The van der Waals surface area contributed by atoms with Gasteiger partial charge in [-0.15, -0.1) is 0 Å². The fourth-order valence-corrected chi connectivity index (χ4v) is 3.04. The molecule has 0 aromatic carbocycles. The molecule has 1 aliphatic rings. The number of nitrogens with one attached hydrogen (secondary N) is 3. The molecule has 1 saturated carbocycles. The van der Waals surface area contributed by atoms with Crippen molar-refractivity contribution in [1.82, 2.24) is 16.0 Å². The highest BCUT2D eigenvalue weighted by atomic mass is 16.2. The van der Waals surface area contributed by atoms with Crippen LogP contribution in [0.3, 0.4) is 0 Å². The fourth-order valence-electron chi connectivity index (χ4n) is 3.04. The molecule has 1 rings (SSSR count). The van der Waals surface area contributed by atoms with Crippen molar-refractivity contribution in [2.75, 3.05) is 6.54 Å². The lowest BCUT2D eigenvalue weighted by Gasteiger charge is -2.45. The Bertz CT molecular complexity index is 370. The van der Waals surface area contributed by atoms with Gasteiger partial charge in [0.15, 0.2) is 0 Å². The van der Waals surface area contributed by atoms with Crippen molar-refractivity contribution in [3.8, 4) is 0 Å². The van der Waals surface area contributed by atoms with Crippen LogP contribution >= 0.6 is 0 Å². The first kappa shape index (κ1) is 16.8. The molecule has 20 heavy (non-hydrogen) atoms. The van der Waals surface area contributed by atoms with Gasteiger partial charge in [-0.2, -0.15) is 0 Å². The van der Waals surface area contributed by atoms with E-state index < -0.39 is 0 Å². The fraction of sp³-hybridized carbons (Fsp3) is 0.867. The van der Waals surface area contributed by atoms with Gasteiger partial charge in [0.25, 0.3) is 0 Å². The minimum Gasteiger partial charge on any atom is -0.351 e. The second-order valence-electron chi connectivity index (χ2n) is 6.78. The molecule has 116 valence electrons. The van der Waals surface area contributed by atoms with E-state index in [1.54, 1.807) is 0 Å². The van der Waals surface area contributed by atoms with Gasteiger partial charge in [-0.3, -0.25) is 4.79 Å². The van der Waals surface area contributed by atoms with Crippen molar-refractivity contribution < 1.29 is 9.59 Å². The van der Waals surface area contributed by atoms with Crippen LogP contribution in [0.5, 0.6) is 0 Å². The minimum atomic E-state index is -0.267. The molecule has 1 fully saturated rings. The molecule has 1 aliphatic carbocycles. The smallest absolute Gasteiger partial charge is 0.315 e. The summed E-state index contributed by atoms with van der Waals surface area (Å²) < 4.78 is 0. The largest absolute Gasteiger partial charge is 0.351 e. The lowest BCUT2D eigenvalue weighted by atomic mass is 9.72. The minimum absolute atomic E-state index is 0.0173. The first-order chi connectivity index (χ1) is 9.20. The summed E-state index contributed by atoms with van der Waals surface area (Å²) in [5.74, 6) is 0.0612. The van der Waals surface area contributed by atoms with Crippen LogP contribution in [0.25, 0.3) is 0 Å². The predicted octanol–water partition coefficient (Wildman–Crippen LogP) is 2.17. The number of rotatable bonds is 4. The van der Waals surface area contributed by atoms with E-state index >= 15 is 0 Å². The quantitative estimate of drug-likeness (QED) is 0.740. The topological polar surface area (TPSA) is 70.2 Å². The number of hydrogen-bond acceptors (Lipinski definition) is 2. The van der Waals surface area contributed by atoms with Crippen LogP contribution in [0, 0.1) is 5.92 Å². The molecule has 0 aromatic heterocycles. The molecule has 3 amide bonds. The molecule has 5 nitrogen and oxygen atoms in total. The summed E-state index contributed by atoms with van der Waals surface area (Å²) in [6, 6.07) is -0.130. The highest BCUT2D eigenvalue weighted by molar-refractivity contribution is 5.78. The van der Waals surface area contributed by atoms with Crippen molar-refractivity contribution in [2.24, 2.45) is 5.92 Å². The summed E-state index contributed by atoms with van der Waals surface area (Å²) in [5.41, 5.74) is -0.510. The zero-order chi connectivity index (χ0) is 15.4. The summed E-state index contributed by atoms with van der Waals surface area (Å²) in [5, 5.41) is 8.96. The Kier molecular flexibility index (Phi) is 5.42. The van der Waals surface area contributed by atoms with Crippen LogP contribution in [-0.2, 0) is 4.79 Å². The summed E-state index contributed by atoms with van der Waals surface area (Å²) >= 11 is 0. The molecule has 0 bridgehead atoms. The van der Waals surface area contributed by atoms with E-state index in [1.807, 2.05) is 20.8 Å². The van der Waals surface area contributed by atoms with Gasteiger partial charge in [0.2, 0.25) is 5.91 Å². The van der Waals surface area contributed by atoms with Crippen molar-refractivity contribution in [3.05, 3.63) is 0 Å². The Morgan fingerprint density at radius 2 is 1.65 bits per heavy atom. The van der Waals surface area contributed by atoms with Crippen molar-refractivity contribution in [1.29, 1.82) is 0 Å². The maximum absolute atomic E-state index is 11.9. The van der Waals surface area contributed by atoms with E-state index in [4.69, 9.17) is 0 Å². The van der Waals surface area contributed by atoms with Crippen molar-refractivity contribution in [2.45, 2.75) is 71.4 Å². The molecule has 0 aromatic rings. The average Bonchev–Trinajstić information content (AvgIpc) is 2.26. The van der Waals surface area contributed by atoms with E-state index in [1.165, 1.54) is 0 Å². The maximum Gasteiger partial charge on any atom is 0.315 e. The molecule has 0 radical (unpaired) electrons. The molecule has 0 saturated heterocycles. The number of carbonyl (C=O) groups excluding carboxylic acids is 2. The molecule has 2 unspecified atom stereocenters. The Morgan fingerprint density at radius 3 is 2.15 bits per heavy atom. The van der Waals surface area contributed by atoms with Gasteiger partial charge >= 0.3 is 6.03 Å². The lowest BCUT2D eigenvalue weighted by molar-refractivity contribution is -0.126. The third-order valence-electron chi connectivity index (χ3n) is 3.94. The molecule has 5 heteroatoms. The molecule has 0 heterocycles. The van der Waals surface area contributed by atoms with Crippen LogP contribution in [0.1, 0.15) is 60.3 Å². The van der Waals surface area contributed by atoms with Crippen LogP contribution in [-0.4, -0.2) is 29.6 Å². The van der Waals surface area contributed by atoms with E-state index in [0.717, 1.165) is 25.7 Å². The Hall–Kier alpha value is -1.26. The Morgan fingerprint density at radius 1 is 1.10 bits per heavy atom. The first-order valence-corrected chi connectivity index (χ1v) is 7.58. The third-order valence-corrected chi connectivity index (χ3v) is 3.94. The van der Waals surface area contributed by atoms with Crippen LogP contribution in [0.4, 0.5) is 4.79 Å². The van der Waals surface area contributed by atoms with E-state index in [0.29, 0.717) is 6.54 Å². The number of urea groups is 1. The Balaban J connectivity index is 2.68. The second-order valence-corrected chi connectivity index (χ2v) is 6.78. The summed E-state index contributed by atoms with van der Waals surface area (Å²) in [6.07, 6.45) is 3.66. The normalized spacial score (nSPS) is 29.9. The Labute approximate surface area is 122 Å². The van der Waals surface area contributed by atoms with Crippen LogP contribution in [0.15, 0.2) is 0 Å². The highest BCUT2D eigenvalue weighted by Crippen LogP contribution is 2.35. The van der Waals surface area contributed by atoms with Gasteiger partial charge in [0.05, 0.1) is 0 Å². The molecule has 0 spiro atoms. The highest BCUT2D eigenvalue weighted by Gasteiger charge is 2.41. The van der Waals surface area contributed by atoms with Crippen molar-refractivity contribution in [3.63, 3.8) is 0 Å². The van der Waals surface area contributed by atoms with Crippen LogP contribution in [0.2, 0.25) is 0 Å². The number of amides is 3. The van der Waals surface area contributed by atoms with Crippen molar-refractivity contribution >= 4 is 11.9 Å². The molecular formula is C15H29N3O2. The van der Waals surface area contributed by atoms with Gasteiger partial charge in [0, 0.05) is 23.5 Å². The van der Waals surface area contributed by atoms with Gasteiger partial charge in [-0.1, -0.05) is 13.8 Å². The summed E-state index contributed by atoms with van der Waals surface area (Å²) in [4.78, 5) is 23.7. The second kappa shape index (κ2) is 6.46. The third kappa shape index (κ3) is 4.69. The van der Waals surface area contributed by atoms with Gasteiger partial charge in [-0.05, 0) is 46.5 Å². The molecule has 3 N–H and O–H groups in total. The molecule has 0 aliphatic heterocycles. The predicted molar refractivity (Wildman–Crippen MR) is 80.5 cm³/mol. The van der Waals surface area contributed by atoms with Crippen LogP contribution < -0.4 is 16.0 Å². The van der Waals surface area contributed by atoms with Gasteiger partial charge < -0.3 is 16.0 Å². The van der Waals surface area contributed by atoms with Gasteiger partial charge in [0.1, 0.15) is 0 Å². The zero-order valence-corrected chi connectivity index (χ0v) is 13.4. The van der Waals surface area contributed by atoms with E-state index in [-0.39, 0.29) is 28.9 Å². The average molecular weight is 283 g/mol. The number of carbonyl (C=O) groups is 2. The molecular weight excluding hydrogens is 254 g/mol. The summed E-state index contributed by atoms with van der Waals surface area (Å²) in [7, 11) is 0. The van der Waals surface area contributed by atoms with E-state index in [9.17, 15) is 9.59 Å².